The molecule has 0 radical (unpaired) electrons. The van der Waals surface area contributed by atoms with Gasteiger partial charge in [0.1, 0.15) is 12.4 Å². The van der Waals surface area contributed by atoms with Crippen LogP contribution in [0, 0.1) is 6.92 Å². The molecule has 0 bridgehead atoms. The minimum atomic E-state index is 0.189. The van der Waals surface area contributed by atoms with E-state index in [0.29, 0.717) is 19.7 Å². The van der Waals surface area contributed by atoms with Crippen molar-refractivity contribution in [2.75, 3.05) is 26.8 Å². The second-order valence-electron chi connectivity index (χ2n) is 6.95. The number of hydrogen-bond acceptors (Lipinski definition) is 4. The predicted molar refractivity (Wildman–Crippen MR) is 110 cm³/mol. The first-order valence-corrected chi connectivity index (χ1v) is 9.95. The fourth-order valence-electron chi connectivity index (χ4n) is 2.97. The topological polar surface area (TPSA) is 76.4 Å². The molecule has 0 unspecified atom stereocenters. The van der Waals surface area contributed by atoms with Crippen molar-refractivity contribution in [3.05, 3.63) is 46.0 Å². The van der Waals surface area contributed by atoms with E-state index in [4.69, 9.17) is 4.74 Å². The number of methoxy groups -OCH3 is 1. The molecule has 146 valence electrons. The number of aliphatic imine (C=N–C) groups is 1. The molecular weight excluding hydrogens is 408 g/mol. The molecule has 1 fully saturated rings. The molecule has 0 spiro atoms. The second-order valence-corrected chi connectivity index (χ2v) is 7.87. The number of hydrogen-bond donors (Lipinski definition) is 2. The van der Waals surface area contributed by atoms with Crippen LogP contribution in [-0.4, -0.2) is 47.5 Å². The summed E-state index contributed by atoms with van der Waals surface area (Å²) in [6.45, 7) is 4.58. The minimum Gasteiger partial charge on any atom is -0.383 e. The van der Waals surface area contributed by atoms with Crippen LogP contribution in [0.15, 0.2) is 33.7 Å². The Kier molecular flexibility index (Phi) is 6.49. The van der Waals surface area contributed by atoms with E-state index >= 15 is 0 Å². The Morgan fingerprint density at radius 2 is 2.15 bits per heavy atom. The maximum absolute atomic E-state index is 5.14. The second kappa shape index (κ2) is 8.84. The van der Waals surface area contributed by atoms with Crippen molar-refractivity contribution in [1.82, 2.24) is 25.4 Å². The zero-order chi connectivity index (χ0) is 19.3. The number of aryl methyl sites for hydroxylation is 1. The molecule has 1 aromatic heterocycles. The highest BCUT2D eigenvalue weighted by Gasteiger charge is 2.44. The highest BCUT2D eigenvalue weighted by atomic mass is 79.9. The first-order chi connectivity index (χ1) is 13.0. The molecule has 1 aliphatic carbocycles. The average Bonchev–Trinajstić information content (AvgIpc) is 3.39. The lowest BCUT2D eigenvalue weighted by atomic mass is 9.96. The van der Waals surface area contributed by atoms with Gasteiger partial charge in [0.25, 0.3) is 0 Å². The Hall–Kier alpha value is -1.93. The van der Waals surface area contributed by atoms with Gasteiger partial charge in [0, 0.05) is 37.1 Å². The Morgan fingerprint density at radius 3 is 2.78 bits per heavy atom. The molecule has 27 heavy (non-hydrogen) atoms. The number of rotatable bonds is 8. The SMILES string of the molecule is COCCNC(=NCc1nnc(C)n1C)NCC1(c2cccc(Br)c2)CC1. The van der Waals surface area contributed by atoms with Gasteiger partial charge >= 0.3 is 0 Å². The molecule has 1 aromatic carbocycles. The Bertz CT molecular complexity index is 799. The number of ether oxygens (including phenoxy) is 1. The lowest BCUT2D eigenvalue weighted by molar-refractivity contribution is 0.203. The van der Waals surface area contributed by atoms with Crippen molar-refractivity contribution < 1.29 is 4.74 Å². The van der Waals surface area contributed by atoms with Crippen LogP contribution in [0.25, 0.3) is 0 Å². The van der Waals surface area contributed by atoms with Crippen molar-refractivity contribution in [2.24, 2.45) is 12.0 Å². The van der Waals surface area contributed by atoms with Crippen molar-refractivity contribution in [2.45, 2.75) is 31.7 Å². The largest absolute Gasteiger partial charge is 0.383 e. The Morgan fingerprint density at radius 1 is 1.33 bits per heavy atom. The molecule has 8 heteroatoms. The Balaban J connectivity index is 1.66. The van der Waals surface area contributed by atoms with Gasteiger partial charge in [-0.15, -0.1) is 10.2 Å². The summed E-state index contributed by atoms with van der Waals surface area (Å²) >= 11 is 3.58. The molecule has 1 saturated carbocycles. The van der Waals surface area contributed by atoms with Crippen molar-refractivity contribution in [3.8, 4) is 0 Å². The van der Waals surface area contributed by atoms with Gasteiger partial charge in [-0.3, -0.25) is 0 Å². The van der Waals surface area contributed by atoms with Crippen LogP contribution < -0.4 is 10.6 Å². The standard InChI is InChI=1S/C19H27BrN6O/c1-14-24-25-17(26(14)2)12-22-18(21-9-10-27-3)23-13-19(7-8-19)15-5-4-6-16(20)11-15/h4-6,11H,7-10,12-13H2,1-3H3,(H2,21,22,23). The third-order valence-electron chi connectivity index (χ3n) is 5.04. The summed E-state index contributed by atoms with van der Waals surface area (Å²) in [6.07, 6.45) is 2.37. The summed E-state index contributed by atoms with van der Waals surface area (Å²) in [6, 6.07) is 8.58. The van der Waals surface area contributed by atoms with Crippen LogP contribution in [0.3, 0.4) is 0 Å². The molecule has 0 amide bonds. The van der Waals surface area contributed by atoms with Crippen LogP contribution in [0.5, 0.6) is 0 Å². The number of nitrogens with one attached hydrogen (secondary N) is 2. The van der Waals surface area contributed by atoms with E-state index in [1.54, 1.807) is 7.11 Å². The van der Waals surface area contributed by atoms with E-state index in [2.05, 4.69) is 66.0 Å². The van der Waals surface area contributed by atoms with Gasteiger partial charge < -0.3 is 19.9 Å². The fourth-order valence-corrected chi connectivity index (χ4v) is 3.37. The van der Waals surface area contributed by atoms with Gasteiger partial charge in [0.05, 0.1) is 6.61 Å². The quantitative estimate of drug-likeness (QED) is 0.378. The van der Waals surface area contributed by atoms with Gasteiger partial charge in [-0.05, 0) is 37.5 Å². The lowest BCUT2D eigenvalue weighted by Crippen LogP contribution is -2.42. The highest BCUT2D eigenvalue weighted by Crippen LogP contribution is 2.48. The van der Waals surface area contributed by atoms with Crippen molar-refractivity contribution in [3.63, 3.8) is 0 Å². The van der Waals surface area contributed by atoms with Crippen LogP contribution in [0.1, 0.15) is 30.1 Å². The Labute approximate surface area is 168 Å². The van der Waals surface area contributed by atoms with E-state index in [0.717, 1.165) is 28.6 Å². The fraction of sp³-hybridized carbons (Fsp3) is 0.526. The molecule has 0 saturated heterocycles. The third kappa shape index (κ3) is 5.07. The summed E-state index contributed by atoms with van der Waals surface area (Å²) in [5.74, 6) is 2.50. The molecule has 0 aliphatic heterocycles. The van der Waals surface area contributed by atoms with Gasteiger partial charge in [-0.1, -0.05) is 28.1 Å². The molecule has 1 aliphatic rings. The maximum Gasteiger partial charge on any atom is 0.191 e. The number of nitrogens with zero attached hydrogens (tertiary/aromatic N) is 4. The summed E-state index contributed by atoms with van der Waals surface area (Å²) in [7, 11) is 3.65. The predicted octanol–water partition coefficient (Wildman–Crippen LogP) is 2.30. The van der Waals surface area contributed by atoms with Crippen LogP contribution >= 0.6 is 15.9 Å². The van der Waals surface area contributed by atoms with Gasteiger partial charge in [0.2, 0.25) is 0 Å². The smallest absolute Gasteiger partial charge is 0.191 e. The van der Waals surface area contributed by atoms with Gasteiger partial charge in [-0.25, -0.2) is 4.99 Å². The summed E-state index contributed by atoms with van der Waals surface area (Å²) < 4.78 is 8.22. The first-order valence-electron chi connectivity index (χ1n) is 9.16. The van der Waals surface area contributed by atoms with E-state index in [9.17, 15) is 0 Å². The van der Waals surface area contributed by atoms with E-state index in [1.165, 1.54) is 18.4 Å². The maximum atomic E-state index is 5.14. The summed E-state index contributed by atoms with van der Waals surface area (Å²) in [5.41, 5.74) is 1.55. The molecule has 0 atom stereocenters. The number of benzene rings is 1. The molecule has 2 aromatic rings. The zero-order valence-corrected chi connectivity index (χ0v) is 17.7. The molecule has 1 heterocycles. The van der Waals surface area contributed by atoms with E-state index in [-0.39, 0.29) is 5.41 Å². The monoisotopic (exact) mass is 434 g/mol. The number of guanidine groups is 1. The van der Waals surface area contributed by atoms with E-state index < -0.39 is 0 Å². The van der Waals surface area contributed by atoms with E-state index in [1.807, 2.05) is 18.5 Å². The molecule has 2 N–H and O–H groups in total. The molecule has 3 rings (SSSR count). The normalized spacial score (nSPS) is 15.6. The summed E-state index contributed by atoms with van der Waals surface area (Å²) in [5, 5.41) is 15.1. The van der Waals surface area contributed by atoms with Crippen LogP contribution in [0.4, 0.5) is 0 Å². The average molecular weight is 435 g/mol. The van der Waals surface area contributed by atoms with Gasteiger partial charge in [0.15, 0.2) is 11.8 Å². The molecular formula is C19H27BrN6O. The van der Waals surface area contributed by atoms with Crippen molar-refractivity contribution >= 4 is 21.9 Å². The van der Waals surface area contributed by atoms with Crippen molar-refractivity contribution in [1.29, 1.82) is 0 Å². The third-order valence-corrected chi connectivity index (χ3v) is 5.54. The first kappa shape index (κ1) is 19.8. The van der Waals surface area contributed by atoms with Crippen LogP contribution in [-0.2, 0) is 23.7 Å². The van der Waals surface area contributed by atoms with Crippen LogP contribution in [0.2, 0.25) is 0 Å². The summed E-state index contributed by atoms with van der Waals surface area (Å²) in [4.78, 5) is 4.69. The lowest BCUT2D eigenvalue weighted by Gasteiger charge is -2.19. The minimum absolute atomic E-state index is 0.189. The highest BCUT2D eigenvalue weighted by molar-refractivity contribution is 9.10. The molecule has 7 nitrogen and oxygen atoms in total. The van der Waals surface area contributed by atoms with Gasteiger partial charge in [-0.2, -0.15) is 0 Å². The number of aromatic nitrogens is 3. The zero-order valence-electron chi connectivity index (χ0n) is 16.1. The number of halogens is 1.